The number of fused-ring (bicyclic) bond motifs is 3. The molecule has 1 aliphatic carbocycles. The second-order valence-electron chi connectivity index (χ2n) is 10.6. The predicted molar refractivity (Wildman–Crippen MR) is 165 cm³/mol. The molecule has 3 N–H and O–H groups in total. The van der Waals surface area contributed by atoms with E-state index in [0.29, 0.717) is 47.5 Å². The highest BCUT2D eigenvalue weighted by Gasteiger charge is 2.36. The molecular formula is C31H31Cl2N3O5S. The fraction of sp³-hybridized carbons (Fsp3) is 0.323. The van der Waals surface area contributed by atoms with Gasteiger partial charge in [-0.1, -0.05) is 35.3 Å². The lowest BCUT2D eigenvalue weighted by molar-refractivity contribution is 0.135. The summed E-state index contributed by atoms with van der Waals surface area (Å²) in [5.41, 5.74) is 3.88. The first kappa shape index (κ1) is 29.0. The van der Waals surface area contributed by atoms with Gasteiger partial charge >= 0.3 is 6.09 Å². The van der Waals surface area contributed by atoms with E-state index in [1.165, 1.54) is 0 Å². The van der Waals surface area contributed by atoms with Gasteiger partial charge in [-0.2, -0.15) is 0 Å². The van der Waals surface area contributed by atoms with E-state index < -0.39 is 29.2 Å². The first-order valence-electron chi connectivity index (χ1n) is 13.9. The van der Waals surface area contributed by atoms with Crippen LogP contribution in [0.1, 0.15) is 42.1 Å². The maximum atomic E-state index is 13.5. The van der Waals surface area contributed by atoms with Crippen LogP contribution >= 0.6 is 23.2 Å². The third-order valence-electron chi connectivity index (χ3n) is 7.55. The Morgan fingerprint density at radius 3 is 2.50 bits per heavy atom. The number of halogens is 2. The van der Waals surface area contributed by atoms with E-state index in [0.717, 1.165) is 40.6 Å². The Morgan fingerprint density at radius 2 is 1.76 bits per heavy atom. The Hall–Kier alpha value is -3.08. The maximum Gasteiger partial charge on any atom is 0.416 e. The van der Waals surface area contributed by atoms with Gasteiger partial charge in [0, 0.05) is 51.4 Å². The lowest BCUT2D eigenvalue weighted by atomic mass is 9.92. The van der Waals surface area contributed by atoms with Crippen molar-refractivity contribution in [2.24, 2.45) is 0 Å². The fourth-order valence-electron chi connectivity index (χ4n) is 5.21. The number of benzene rings is 3. The molecule has 2 aliphatic rings. The molecule has 11 heteroatoms. The molecule has 0 radical (unpaired) electrons. The van der Waals surface area contributed by atoms with Gasteiger partial charge in [-0.05, 0) is 85.0 Å². The molecule has 42 heavy (non-hydrogen) atoms. The summed E-state index contributed by atoms with van der Waals surface area (Å²) < 4.78 is 26.4. The number of aliphatic hydroxyl groups is 1. The van der Waals surface area contributed by atoms with Crippen molar-refractivity contribution in [1.82, 2.24) is 14.6 Å². The number of H-pyrrole nitrogens is 1. The molecule has 1 fully saturated rings. The summed E-state index contributed by atoms with van der Waals surface area (Å²) in [6.45, 7) is 1.04. The van der Waals surface area contributed by atoms with Crippen LogP contribution in [0.4, 0.5) is 4.79 Å². The summed E-state index contributed by atoms with van der Waals surface area (Å²) in [4.78, 5) is 18.7. The van der Waals surface area contributed by atoms with Gasteiger partial charge in [0.15, 0.2) is 0 Å². The van der Waals surface area contributed by atoms with Crippen LogP contribution in [-0.4, -0.2) is 56.3 Å². The average Bonchev–Trinajstić information content (AvgIpc) is 3.78. The molecule has 3 aromatic carbocycles. The van der Waals surface area contributed by atoms with Crippen molar-refractivity contribution >= 4 is 51.2 Å². The number of aliphatic hydroxyl groups excluding tert-OH is 1. The largest absolute Gasteiger partial charge is 0.493 e. The number of carbonyl (C=O) groups excluding carboxylic acids is 1. The number of nitrogens with zero attached hydrogens (tertiary/aromatic N) is 1. The van der Waals surface area contributed by atoms with Crippen LogP contribution in [0.25, 0.3) is 10.9 Å². The van der Waals surface area contributed by atoms with Crippen molar-refractivity contribution in [2.75, 3.05) is 19.7 Å². The highest BCUT2D eigenvalue weighted by molar-refractivity contribution is 7.84. The van der Waals surface area contributed by atoms with Gasteiger partial charge in [0.05, 0.1) is 23.7 Å². The Bertz CT molecular complexity index is 1590. The smallest absolute Gasteiger partial charge is 0.416 e. The van der Waals surface area contributed by atoms with Crippen molar-refractivity contribution in [2.45, 2.75) is 43.1 Å². The van der Waals surface area contributed by atoms with Crippen molar-refractivity contribution in [1.29, 1.82) is 0 Å². The maximum absolute atomic E-state index is 13.5. The van der Waals surface area contributed by atoms with Gasteiger partial charge in [0.1, 0.15) is 17.5 Å². The number of aromatic nitrogens is 1. The van der Waals surface area contributed by atoms with Gasteiger partial charge in [0.25, 0.3) is 0 Å². The molecule has 1 aromatic heterocycles. The number of carbonyl (C=O) groups is 1. The highest BCUT2D eigenvalue weighted by Crippen LogP contribution is 2.40. The van der Waals surface area contributed by atoms with Crippen LogP contribution in [0.15, 0.2) is 66.7 Å². The zero-order valence-electron chi connectivity index (χ0n) is 22.7. The number of hydrogen-bond acceptors (Lipinski definition) is 5. The van der Waals surface area contributed by atoms with E-state index in [2.05, 4.69) is 9.71 Å². The van der Waals surface area contributed by atoms with E-state index in [-0.39, 0.29) is 11.8 Å². The molecule has 2 heterocycles. The minimum Gasteiger partial charge on any atom is -0.493 e. The van der Waals surface area contributed by atoms with Gasteiger partial charge in [-0.15, -0.1) is 0 Å². The van der Waals surface area contributed by atoms with Crippen LogP contribution in [0.2, 0.25) is 10.0 Å². The molecule has 1 amide bonds. The van der Waals surface area contributed by atoms with E-state index in [4.69, 9.17) is 32.7 Å². The molecule has 0 spiro atoms. The van der Waals surface area contributed by atoms with Gasteiger partial charge < -0.3 is 19.6 Å². The molecule has 2 unspecified atom stereocenters. The molecule has 1 aliphatic heterocycles. The van der Waals surface area contributed by atoms with E-state index in [1.807, 2.05) is 42.5 Å². The van der Waals surface area contributed by atoms with Crippen LogP contribution in [-0.2, 0) is 17.4 Å². The molecular weight excluding hydrogens is 597 g/mol. The van der Waals surface area contributed by atoms with Crippen LogP contribution in [0, 0.1) is 0 Å². The molecule has 1 saturated carbocycles. The summed E-state index contributed by atoms with van der Waals surface area (Å²) in [6.07, 6.45) is 1.90. The number of amides is 1. The second-order valence-corrected chi connectivity index (χ2v) is 13.0. The number of rotatable bonds is 10. The summed E-state index contributed by atoms with van der Waals surface area (Å²) in [6, 6.07) is 19.6. The number of aromatic amines is 1. The highest BCUT2D eigenvalue weighted by atomic mass is 35.5. The van der Waals surface area contributed by atoms with Crippen molar-refractivity contribution < 1.29 is 23.6 Å². The molecule has 0 saturated heterocycles. The summed E-state index contributed by atoms with van der Waals surface area (Å²) >= 11 is 12.3. The molecule has 220 valence electrons. The van der Waals surface area contributed by atoms with Crippen LogP contribution < -0.4 is 14.2 Å². The second kappa shape index (κ2) is 12.7. The number of hydrogen-bond donors (Lipinski definition) is 3. The van der Waals surface area contributed by atoms with E-state index in [9.17, 15) is 14.1 Å². The molecule has 3 atom stereocenters. The van der Waals surface area contributed by atoms with Crippen LogP contribution in [0.3, 0.4) is 0 Å². The topological polar surface area (TPSA) is 104 Å². The standard InChI is InChI=1S/C31H31Cl2N3O5S/c32-20-3-8-24(9-4-20)41-31(38)36-15-13-26-27-17-21(33)5-12-28(27)35-29(26)30(36)19-1-6-23(7-2-19)40-16-14-22(37)18-34-42(39)25-10-11-25/h1-9,12,17,22,25,30,34-35,37H,10-11,13-16,18H2/t22?,30-,42?/m0/s1. The molecule has 6 rings (SSSR count). The minimum absolute atomic E-state index is 0.226. The van der Waals surface area contributed by atoms with Crippen LogP contribution in [0.5, 0.6) is 11.5 Å². The minimum atomic E-state index is -1.07. The number of nitrogens with one attached hydrogen (secondary N) is 2. The Kier molecular flexibility index (Phi) is 8.74. The van der Waals surface area contributed by atoms with Gasteiger partial charge in [0.2, 0.25) is 0 Å². The summed E-state index contributed by atoms with van der Waals surface area (Å²) in [5.74, 6) is 1.06. The SMILES string of the molecule is O=C(Oc1ccc(Cl)cc1)N1CCc2c([nH]c3ccc(Cl)cc23)[C@@H]1c1ccc(OCCC(O)CNS(=O)C2CC2)cc1. The molecule has 4 aromatic rings. The third kappa shape index (κ3) is 6.61. The van der Waals surface area contributed by atoms with E-state index in [1.54, 1.807) is 29.2 Å². The van der Waals surface area contributed by atoms with Crippen molar-refractivity contribution in [3.05, 3.63) is 93.6 Å². The first-order chi connectivity index (χ1) is 20.4. The normalized spacial score (nSPS) is 18.0. The monoisotopic (exact) mass is 627 g/mol. The predicted octanol–water partition coefficient (Wildman–Crippen LogP) is 6.17. The lowest BCUT2D eigenvalue weighted by Gasteiger charge is -2.35. The Balaban J connectivity index is 1.19. The van der Waals surface area contributed by atoms with Gasteiger partial charge in [-0.25, -0.2) is 13.7 Å². The third-order valence-corrected chi connectivity index (χ3v) is 9.56. The Labute approximate surface area is 256 Å². The average molecular weight is 629 g/mol. The zero-order valence-corrected chi connectivity index (χ0v) is 25.1. The van der Waals surface area contributed by atoms with Gasteiger partial charge in [-0.3, -0.25) is 4.90 Å². The Morgan fingerprint density at radius 1 is 1.05 bits per heavy atom. The lowest BCUT2D eigenvalue weighted by Crippen LogP contribution is -2.42. The zero-order chi connectivity index (χ0) is 29.2. The first-order valence-corrected chi connectivity index (χ1v) is 15.9. The number of ether oxygens (including phenoxy) is 2. The molecule has 8 nitrogen and oxygen atoms in total. The summed E-state index contributed by atoms with van der Waals surface area (Å²) in [7, 11) is -1.07. The fourth-order valence-corrected chi connectivity index (χ4v) is 6.66. The van der Waals surface area contributed by atoms with Crippen molar-refractivity contribution in [3.63, 3.8) is 0 Å². The van der Waals surface area contributed by atoms with E-state index >= 15 is 0 Å². The quantitative estimate of drug-likeness (QED) is 0.195. The van der Waals surface area contributed by atoms with Crippen molar-refractivity contribution in [3.8, 4) is 11.5 Å². The summed E-state index contributed by atoms with van der Waals surface area (Å²) in [5, 5.41) is 12.7. The molecule has 0 bridgehead atoms.